The van der Waals surface area contributed by atoms with Crippen molar-refractivity contribution in [1.82, 2.24) is 0 Å². The van der Waals surface area contributed by atoms with Crippen LogP contribution in [0.5, 0.6) is 0 Å². The van der Waals surface area contributed by atoms with Crippen molar-refractivity contribution in [3.8, 4) is 17.9 Å². The van der Waals surface area contributed by atoms with Gasteiger partial charge in [0.1, 0.15) is 5.41 Å². The summed E-state index contributed by atoms with van der Waals surface area (Å²) in [6.45, 7) is 4.39. The summed E-state index contributed by atoms with van der Waals surface area (Å²) in [5.74, 6) is 3.77. The molecule has 5 nitrogen and oxygen atoms in total. The zero-order valence-corrected chi connectivity index (χ0v) is 11.1. The average Bonchev–Trinajstić information content (AvgIpc) is 3.05. The second-order valence-electron chi connectivity index (χ2n) is 4.74. The van der Waals surface area contributed by atoms with Gasteiger partial charge in [0.2, 0.25) is 0 Å². The number of carboxylic acid groups (broad SMARTS) is 1. The topological polar surface area (TPSA) is 87.4 Å². The Bertz CT molecular complexity index is 540. The van der Waals surface area contributed by atoms with E-state index in [1.807, 2.05) is 0 Å². The summed E-state index contributed by atoms with van der Waals surface area (Å²) in [4.78, 5) is 21.7. The standard InChI is InChI=1S/C14H15NO4/c1-10(8-12(17)18)4-5-13(3,19-11(2)16)14(9-15)6-7-14/h8H,6-7H2,1-3H3,(H,17,18)/b10-8-/t13-/m1/s1. The van der Waals surface area contributed by atoms with Gasteiger partial charge >= 0.3 is 11.9 Å². The van der Waals surface area contributed by atoms with E-state index in [1.165, 1.54) is 6.92 Å². The van der Waals surface area contributed by atoms with Crippen molar-refractivity contribution in [3.05, 3.63) is 11.6 Å². The molecule has 0 saturated heterocycles. The van der Waals surface area contributed by atoms with Gasteiger partial charge in [0.05, 0.1) is 6.07 Å². The highest BCUT2D eigenvalue weighted by molar-refractivity contribution is 5.81. The molecule has 1 atom stereocenters. The number of carboxylic acids is 1. The second kappa shape index (κ2) is 5.16. The first-order chi connectivity index (χ1) is 8.74. The molecule has 1 N–H and O–H groups in total. The van der Waals surface area contributed by atoms with Crippen LogP contribution in [0.15, 0.2) is 11.6 Å². The number of aliphatic carboxylic acids is 1. The van der Waals surface area contributed by atoms with Crippen molar-refractivity contribution >= 4 is 11.9 Å². The summed E-state index contributed by atoms with van der Waals surface area (Å²) in [7, 11) is 0. The number of ether oxygens (including phenoxy) is 1. The van der Waals surface area contributed by atoms with Gasteiger partial charge in [-0.25, -0.2) is 4.79 Å². The van der Waals surface area contributed by atoms with Gasteiger partial charge in [-0.1, -0.05) is 5.92 Å². The Morgan fingerprint density at radius 2 is 2.00 bits per heavy atom. The van der Waals surface area contributed by atoms with Gasteiger partial charge in [0.15, 0.2) is 5.60 Å². The highest BCUT2D eigenvalue weighted by Gasteiger charge is 2.60. The predicted octanol–water partition coefficient (Wildman–Crippen LogP) is 1.65. The minimum atomic E-state index is -1.21. The SMILES string of the molecule is CC(=O)O[C@](C)(C#C/C(C)=C\C(=O)O)C1(C#N)CC1. The number of hydrogen-bond donors (Lipinski definition) is 1. The lowest BCUT2D eigenvalue weighted by Gasteiger charge is -2.28. The largest absolute Gasteiger partial charge is 0.478 e. The molecule has 0 spiro atoms. The van der Waals surface area contributed by atoms with E-state index in [9.17, 15) is 14.9 Å². The molecule has 100 valence electrons. The van der Waals surface area contributed by atoms with Gasteiger partial charge in [-0.15, -0.1) is 0 Å². The Kier molecular flexibility index (Phi) is 4.01. The summed E-state index contributed by atoms with van der Waals surface area (Å²) in [5.41, 5.74) is -1.66. The maximum Gasteiger partial charge on any atom is 0.329 e. The van der Waals surface area contributed by atoms with Crippen LogP contribution < -0.4 is 0 Å². The number of carbonyl (C=O) groups is 2. The third kappa shape index (κ3) is 3.35. The van der Waals surface area contributed by atoms with Gasteiger partial charge in [-0.05, 0) is 32.6 Å². The molecule has 0 unspecified atom stereocenters. The molecular formula is C14H15NO4. The van der Waals surface area contributed by atoms with Crippen LogP contribution in [0, 0.1) is 28.6 Å². The van der Waals surface area contributed by atoms with Crippen LogP contribution in [-0.4, -0.2) is 22.6 Å². The van der Waals surface area contributed by atoms with Crippen LogP contribution in [-0.2, 0) is 14.3 Å². The molecule has 0 amide bonds. The minimum absolute atomic E-state index is 0.333. The molecule has 0 aromatic carbocycles. The predicted molar refractivity (Wildman–Crippen MR) is 66.6 cm³/mol. The first kappa shape index (κ1) is 14.8. The van der Waals surface area contributed by atoms with Gasteiger partial charge in [0.25, 0.3) is 0 Å². The average molecular weight is 261 g/mol. The summed E-state index contributed by atoms with van der Waals surface area (Å²) in [6.07, 6.45) is 2.19. The van der Waals surface area contributed by atoms with Crippen molar-refractivity contribution in [2.45, 2.75) is 39.2 Å². The van der Waals surface area contributed by atoms with Crippen LogP contribution in [0.3, 0.4) is 0 Å². The van der Waals surface area contributed by atoms with E-state index in [2.05, 4.69) is 17.9 Å². The zero-order chi connectivity index (χ0) is 14.7. The van der Waals surface area contributed by atoms with Crippen molar-refractivity contribution < 1.29 is 19.4 Å². The molecular weight excluding hydrogens is 246 g/mol. The lowest BCUT2D eigenvalue weighted by Crippen LogP contribution is -2.39. The molecule has 0 radical (unpaired) electrons. The lowest BCUT2D eigenvalue weighted by molar-refractivity contribution is -0.153. The minimum Gasteiger partial charge on any atom is -0.478 e. The Morgan fingerprint density at radius 1 is 1.42 bits per heavy atom. The molecule has 0 heterocycles. The monoisotopic (exact) mass is 261 g/mol. The van der Waals surface area contributed by atoms with E-state index < -0.39 is 23.0 Å². The Balaban J connectivity index is 3.08. The Hall–Kier alpha value is -2.27. The zero-order valence-electron chi connectivity index (χ0n) is 11.1. The molecule has 0 aliphatic heterocycles. The van der Waals surface area contributed by atoms with Crippen molar-refractivity contribution in [1.29, 1.82) is 5.26 Å². The fourth-order valence-corrected chi connectivity index (χ4v) is 1.79. The number of allylic oxidation sites excluding steroid dienone is 1. The second-order valence-corrected chi connectivity index (χ2v) is 4.74. The van der Waals surface area contributed by atoms with E-state index in [1.54, 1.807) is 13.8 Å². The van der Waals surface area contributed by atoms with E-state index in [4.69, 9.17) is 9.84 Å². The molecule has 19 heavy (non-hydrogen) atoms. The Morgan fingerprint density at radius 3 is 2.37 bits per heavy atom. The smallest absolute Gasteiger partial charge is 0.329 e. The maximum absolute atomic E-state index is 11.2. The number of esters is 1. The van der Waals surface area contributed by atoms with Crippen LogP contribution in [0.25, 0.3) is 0 Å². The summed E-state index contributed by atoms with van der Waals surface area (Å²) >= 11 is 0. The maximum atomic E-state index is 11.2. The third-order valence-electron chi connectivity index (χ3n) is 3.06. The number of rotatable bonds is 3. The normalized spacial score (nSPS) is 19.2. The van der Waals surface area contributed by atoms with Crippen LogP contribution in [0.1, 0.15) is 33.6 Å². The molecule has 1 fully saturated rings. The van der Waals surface area contributed by atoms with E-state index in [0.717, 1.165) is 6.08 Å². The van der Waals surface area contributed by atoms with Gasteiger partial charge in [0, 0.05) is 18.6 Å². The van der Waals surface area contributed by atoms with Crippen molar-refractivity contribution in [2.75, 3.05) is 0 Å². The van der Waals surface area contributed by atoms with Crippen molar-refractivity contribution in [3.63, 3.8) is 0 Å². The first-order valence-corrected chi connectivity index (χ1v) is 5.80. The molecule has 1 rings (SSSR count). The van der Waals surface area contributed by atoms with Crippen molar-refractivity contribution in [2.24, 2.45) is 5.41 Å². The molecule has 1 aliphatic rings. The molecule has 0 bridgehead atoms. The molecule has 5 heteroatoms. The first-order valence-electron chi connectivity index (χ1n) is 5.80. The fourth-order valence-electron chi connectivity index (χ4n) is 1.79. The molecule has 1 aliphatic carbocycles. The van der Waals surface area contributed by atoms with Gasteiger partial charge < -0.3 is 9.84 Å². The van der Waals surface area contributed by atoms with E-state index in [-0.39, 0.29) is 0 Å². The lowest BCUT2D eigenvalue weighted by atomic mass is 9.87. The quantitative estimate of drug-likeness (QED) is 0.474. The van der Waals surface area contributed by atoms with E-state index in [0.29, 0.717) is 18.4 Å². The highest BCUT2D eigenvalue weighted by atomic mass is 16.6. The number of hydrogen-bond acceptors (Lipinski definition) is 4. The van der Waals surface area contributed by atoms with E-state index >= 15 is 0 Å². The summed E-state index contributed by atoms with van der Waals surface area (Å²) in [5, 5.41) is 17.8. The number of nitriles is 1. The highest BCUT2D eigenvalue weighted by Crippen LogP contribution is 2.55. The van der Waals surface area contributed by atoms with Crippen LogP contribution in [0.2, 0.25) is 0 Å². The number of nitrogens with zero attached hydrogens (tertiary/aromatic N) is 1. The van der Waals surface area contributed by atoms with Gasteiger partial charge in [-0.3, -0.25) is 4.79 Å². The number of carbonyl (C=O) groups excluding carboxylic acids is 1. The summed E-state index contributed by atoms with van der Waals surface area (Å²) in [6, 6.07) is 2.15. The van der Waals surface area contributed by atoms with Crippen LogP contribution in [0.4, 0.5) is 0 Å². The van der Waals surface area contributed by atoms with Crippen LogP contribution >= 0.6 is 0 Å². The molecule has 0 aromatic rings. The van der Waals surface area contributed by atoms with Gasteiger partial charge in [-0.2, -0.15) is 5.26 Å². The molecule has 1 saturated carbocycles. The third-order valence-corrected chi connectivity index (χ3v) is 3.06. The summed E-state index contributed by atoms with van der Waals surface area (Å²) < 4.78 is 5.20. The Labute approximate surface area is 111 Å². The molecule has 0 aromatic heterocycles. The fraction of sp³-hybridized carbons (Fsp3) is 0.500.